The number of carbonyl (C=O) groups is 2. The van der Waals surface area contributed by atoms with Crippen molar-refractivity contribution in [3.05, 3.63) is 0 Å². The molecular weight excluding hydrogens is 208 g/mol. The van der Waals surface area contributed by atoms with Crippen LogP contribution in [0, 0.1) is 0 Å². The Balaban J connectivity index is 2.40. The number of likely N-dealkylation sites (N-methyl/N-ethyl adjacent to an activating group) is 1. The number of amides is 2. The van der Waals surface area contributed by atoms with Gasteiger partial charge in [0, 0.05) is 13.1 Å². The lowest BCUT2D eigenvalue weighted by atomic mass is 10.3. The lowest BCUT2D eigenvalue weighted by molar-refractivity contribution is -0.133. The maximum atomic E-state index is 11.8. The van der Waals surface area contributed by atoms with Gasteiger partial charge in [0.1, 0.15) is 0 Å². The number of likely N-dealkylation sites (tertiary alicyclic amines) is 1. The summed E-state index contributed by atoms with van der Waals surface area (Å²) < 4.78 is 0. The molecule has 16 heavy (non-hydrogen) atoms. The molecule has 1 fully saturated rings. The van der Waals surface area contributed by atoms with Crippen molar-refractivity contribution in [3.63, 3.8) is 0 Å². The third-order valence-corrected chi connectivity index (χ3v) is 3.03. The Kier molecular flexibility index (Phi) is 4.70. The van der Waals surface area contributed by atoms with Crippen LogP contribution in [0.1, 0.15) is 19.8 Å². The molecule has 2 amide bonds. The molecule has 1 aliphatic heterocycles. The Morgan fingerprint density at radius 1 is 1.44 bits per heavy atom. The summed E-state index contributed by atoms with van der Waals surface area (Å²) in [7, 11) is 1.74. The van der Waals surface area contributed by atoms with Gasteiger partial charge in [0.2, 0.25) is 5.91 Å². The van der Waals surface area contributed by atoms with Crippen molar-refractivity contribution in [3.8, 4) is 0 Å². The Morgan fingerprint density at radius 2 is 2.00 bits per heavy atom. The molecule has 1 saturated heterocycles. The van der Waals surface area contributed by atoms with Gasteiger partial charge >= 0.3 is 0 Å². The maximum Gasteiger partial charge on any atom is 0.250 e. The molecule has 0 saturated carbocycles. The number of hydrogen-bond acceptors (Lipinski definition) is 4. The fourth-order valence-electron chi connectivity index (χ4n) is 1.74. The molecule has 0 aromatic carbocycles. The van der Waals surface area contributed by atoms with Crippen LogP contribution >= 0.6 is 0 Å². The molecule has 6 heteroatoms. The van der Waals surface area contributed by atoms with E-state index in [9.17, 15) is 9.59 Å². The third kappa shape index (κ3) is 3.18. The molecule has 92 valence electrons. The summed E-state index contributed by atoms with van der Waals surface area (Å²) >= 11 is 0. The SMILES string of the molecule is CC(C(=O)NN)N(C)CC(=O)N1CCCC1. The second kappa shape index (κ2) is 5.81. The van der Waals surface area contributed by atoms with Gasteiger partial charge in [0.05, 0.1) is 12.6 Å². The van der Waals surface area contributed by atoms with Gasteiger partial charge < -0.3 is 4.90 Å². The highest BCUT2D eigenvalue weighted by Gasteiger charge is 2.23. The van der Waals surface area contributed by atoms with E-state index < -0.39 is 6.04 Å². The van der Waals surface area contributed by atoms with Gasteiger partial charge in [-0.3, -0.25) is 19.9 Å². The van der Waals surface area contributed by atoms with E-state index in [0.29, 0.717) is 0 Å². The molecule has 0 spiro atoms. The minimum Gasteiger partial charge on any atom is -0.342 e. The summed E-state index contributed by atoms with van der Waals surface area (Å²) in [5.41, 5.74) is 2.08. The van der Waals surface area contributed by atoms with Crippen LogP contribution in [0.15, 0.2) is 0 Å². The summed E-state index contributed by atoms with van der Waals surface area (Å²) in [6, 6.07) is -0.392. The van der Waals surface area contributed by atoms with Gasteiger partial charge in [-0.05, 0) is 26.8 Å². The Hall–Kier alpha value is -1.14. The quantitative estimate of drug-likeness (QED) is 0.364. The largest absolute Gasteiger partial charge is 0.342 e. The van der Waals surface area contributed by atoms with Crippen LogP contribution in [0.2, 0.25) is 0 Å². The van der Waals surface area contributed by atoms with E-state index in [4.69, 9.17) is 5.84 Å². The van der Waals surface area contributed by atoms with E-state index >= 15 is 0 Å². The normalized spacial score (nSPS) is 17.6. The fourth-order valence-corrected chi connectivity index (χ4v) is 1.74. The fraction of sp³-hybridized carbons (Fsp3) is 0.800. The molecule has 3 N–H and O–H groups in total. The topological polar surface area (TPSA) is 78.7 Å². The van der Waals surface area contributed by atoms with Gasteiger partial charge in [0.15, 0.2) is 0 Å². The lowest BCUT2D eigenvalue weighted by Gasteiger charge is -2.25. The molecule has 1 aliphatic rings. The standard InChI is InChI=1S/C10H20N4O2/c1-8(10(16)12-11)13(2)7-9(15)14-5-3-4-6-14/h8H,3-7,11H2,1-2H3,(H,12,16). The summed E-state index contributed by atoms with van der Waals surface area (Å²) in [5, 5.41) is 0. The number of carbonyl (C=O) groups excluding carboxylic acids is 2. The highest BCUT2D eigenvalue weighted by molar-refractivity contribution is 5.83. The number of nitrogens with two attached hydrogens (primary N) is 1. The van der Waals surface area contributed by atoms with Crippen LogP contribution in [0.25, 0.3) is 0 Å². The minimum absolute atomic E-state index is 0.0803. The van der Waals surface area contributed by atoms with Gasteiger partial charge in [0.25, 0.3) is 5.91 Å². The Labute approximate surface area is 95.7 Å². The first-order chi connectivity index (χ1) is 7.56. The first kappa shape index (κ1) is 12.9. The van der Waals surface area contributed by atoms with Crippen LogP contribution in [0.5, 0.6) is 0 Å². The van der Waals surface area contributed by atoms with E-state index in [1.807, 2.05) is 4.90 Å². The van der Waals surface area contributed by atoms with E-state index in [2.05, 4.69) is 5.43 Å². The molecular formula is C10H20N4O2. The number of nitrogens with zero attached hydrogens (tertiary/aromatic N) is 2. The van der Waals surface area contributed by atoms with Gasteiger partial charge in [-0.15, -0.1) is 0 Å². The number of nitrogens with one attached hydrogen (secondary N) is 1. The average molecular weight is 228 g/mol. The average Bonchev–Trinajstić information content (AvgIpc) is 2.80. The predicted molar refractivity (Wildman–Crippen MR) is 60.2 cm³/mol. The van der Waals surface area contributed by atoms with Crippen LogP contribution in [0.3, 0.4) is 0 Å². The molecule has 0 aromatic rings. The van der Waals surface area contributed by atoms with E-state index in [1.165, 1.54) is 0 Å². The smallest absolute Gasteiger partial charge is 0.250 e. The molecule has 0 aliphatic carbocycles. The van der Waals surface area contributed by atoms with Crippen molar-refractivity contribution >= 4 is 11.8 Å². The van der Waals surface area contributed by atoms with E-state index in [-0.39, 0.29) is 18.4 Å². The highest BCUT2D eigenvalue weighted by Crippen LogP contribution is 2.08. The van der Waals surface area contributed by atoms with Crippen LogP contribution in [-0.2, 0) is 9.59 Å². The zero-order valence-electron chi connectivity index (χ0n) is 9.90. The summed E-state index contributed by atoms with van der Waals surface area (Å²) in [5.74, 6) is 4.84. The number of rotatable bonds is 4. The zero-order chi connectivity index (χ0) is 12.1. The molecule has 0 bridgehead atoms. The van der Waals surface area contributed by atoms with Gasteiger partial charge in [-0.2, -0.15) is 0 Å². The first-order valence-corrected chi connectivity index (χ1v) is 5.54. The molecule has 1 atom stereocenters. The summed E-state index contributed by atoms with van der Waals surface area (Å²) in [4.78, 5) is 26.6. The summed E-state index contributed by atoms with van der Waals surface area (Å²) in [6.07, 6.45) is 2.16. The van der Waals surface area contributed by atoms with Crippen molar-refractivity contribution in [2.75, 3.05) is 26.7 Å². The van der Waals surface area contributed by atoms with Crippen molar-refractivity contribution < 1.29 is 9.59 Å². The van der Waals surface area contributed by atoms with Crippen molar-refractivity contribution in [2.45, 2.75) is 25.8 Å². The number of hydrazine groups is 1. The monoisotopic (exact) mass is 228 g/mol. The van der Waals surface area contributed by atoms with Gasteiger partial charge in [-0.25, -0.2) is 5.84 Å². The maximum absolute atomic E-state index is 11.8. The third-order valence-electron chi connectivity index (χ3n) is 3.03. The second-order valence-corrected chi connectivity index (χ2v) is 4.19. The van der Waals surface area contributed by atoms with Crippen LogP contribution in [-0.4, -0.2) is 54.3 Å². The molecule has 0 aromatic heterocycles. The second-order valence-electron chi connectivity index (χ2n) is 4.19. The number of hydrogen-bond donors (Lipinski definition) is 2. The minimum atomic E-state index is -0.392. The Morgan fingerprint density at radius 3 is 2.50 bits per heavy atom. The van der Waals surface area contributed by atoms with E-state index in [0.717, 1.165) is 25.9 Å². The lowest BCUT2D eigenvalue weighted by Crippen LogP contribution is -2.49. The zero-order valence-corrected chi connectivity index (χ0v) is 9.90. The van der Waals surface area contributed by atoms with Crippen LogP contribution < -0.4 is 11.3 Å². The Bertz CT molecular complexity index is 264. The van der Waals surface area contributed by atoms with Crippen LogP contribution in [0.4, 0.5) is 0 Å². The first-order valence-electron chi connectivity index (χ1n) is 5.54. The van der Waals surface area contributed by atoms with Gasteiger partial charge in [-0.1, -0.05) is 0 Å². The molecule has 0 radical (unpaired) electrons. The molecule has 1 heterocycles. The van der Waals surface area contributed by atoms with Crippen molar-refractivity contribution in [1.29, 1.82) is 0 Å². The van der Waals surface area contributed by atoms with Crippen molar-refractivity contribution in [1.82, 2.24) is 15.2 Å². The summed E-state index contributed by atoms with van der Waals surface area (Å²) in [6.45, 7) is 3.66. The molecule has 1 rings (SSSR count). The highest BCUT2D eigenvalue weighted by atomic mass is 16.2. The predicted octanol–water partition coefficient (Wildman–Crippen LogP) is -1.08. The molecule has 1 unspecified atom stereocenters. The molecule has 6 nitrogen and oxygen atoms in total. The van der Waals surface area contributed by atoms with E-state index in [1.54, 1.807) is 18.9 Å². The van der Waals surface area contributed by atoms with Crippen molar-refractivity contribution in [2.24, 2.45) is 5.84 Å².